The Labute approximate surface area is 260 Å². The fraction of sp³-hybridized carbons (Fsp3) is 0.697. The van der Waals surface area contributed by atoms with Crippen LogP contribution in [0.5, 0.6) is 0 Å². The van der Waals surface area contributed by atoms with Crippen molar-refractivity contribution in [1.29, 1.82) is 0 Å². The van der Waals surface area contributed by atoms with Crippen LogP contribution in [0.15, 0.2) is 24.3 Å². The number of amides is 4. The lowest BCUT2D eigenvalue weighted by Gasteiger charge is -2.45. The van der Waals surface area contributed by atoms with Gasteiger partial charge in [0.05, 0.1) is 40.0 Å². The lowest BCUT2D eigenvalue weighted by atomic mass is 9.73. The first-order valence-corrected chi connectivity index (χ1v) is 16.4. The largest absolute Gasteiger partial charge is 0.408 e. The predicted molar refractivity (Wildman–Crippen MR) is 160 cm³/mol. The summed E-state index contributed by atoms with van der Waals surface area (Å²) in [6.45, 7) is 13.6. The van der Waals surface area contributed by atoms with Crippen LogP contribution < -0.4 is 0 Å². The van der Waals surface area contributed by atoms with Crippen molar-refractivity contribution < 1.29 is 37.8 Å². The number of hydrogen-bond acceptors (Lipinski definition) is 8. The summed E-state index contributed by atoms with van der Waals surface area (Å²) in [7, 11) is -0.946. The molecule has 4 fully saturated rings. The molecule has 2 saturated carbocycles. The van der Waals surface area contributed by atoms with Gasteiger partial charge in [0, 0.05) is 5.54 Å². The molecule has 2 aliphatic heterocycles. The lowest BCUT2D eigenvalue weighted by molar-refractivity contribution is -0.162. The Morgan fingerprint density at radius 2 is 1.02 bits per heavy atom. The Bertz CT molecular complexity index is 1370. The third-order valence-electron chi connectivity index (χ3n) is 11.8. The topological polar surface area (TPSA) is 127 Å². The van der Waals surface area contributed by atoms with E-state index in [0.29, 0.717) is 0 Å². The van der Waals surface area contributed by atoms with E-state index in [1.807, 2.05) is 24.3 Å². The van der Waals surface area contributed by atoms with Crippen LogP contribution in [0.25, 0.3) is 0 Å². The predicted octanol–water partition coefficient (Wildman–Crippen LogP) is 4.20. The smallest absolute Gasteiger partial charge is 0.319 e. The van der Waals surface area contributed by atoms with Gasteiger partial charge in [0.25, 0.3) is 9.03 Å². The second kappa shape index (κ2) is 9.81. The number of carbonyl (C=O) groups excluding carboxylic acids is 6. The molecule has 0 aromatic carbocycles. The number of fused-ring (bicyclic) bond motifs is 10. The van der Waals surface area contributed by atoms with Gasteiger partial charge in [-0.3, -0.25) is 38.6 Å². The minimum Gasteiger partial charge on any atom is -0.408 e. The molecule has 44 heavy (non-hydrogen) atoms. The SMILES string of the molecule is CC(C)(CC(C)(C)N1C(=O)C2C3C=CC(C3)C2C1=O)C(=O)OPOC(=O)C(C)(C)C(C)(C)N1C(=O)C2C3C=CC(C3)C2C1=O. The Kier molecular flexibility index (Phi) is 6.94. The molecule has 0 N–H and O–H groups in total. The van der Waals surface area contributed by atoms with Crippen LogP contribution in [0.4, 0.5) is 0 Å². The summed E-state index contributed by atoms with van der Waals surface area (Å²) >= 11 is 0. The molecular formula is C33H43N2O8P. The molecule has 4 bridgehead atoms. The van der Waals surface area contributed by atoms with Crippen LogP contribution in [0.2, 0.25) is 0 Å². The fourth-order valence-electron chi connectivity index (χ4n) is 9.08. The Morgan fingerprint density at radius 1 is 0.659 bits per heavy atom. The van der Waals surface area contributed by atoms with Crippen LogP contribution in [0.1, 0.15) is 74.7 Å². The van der Waals surface area contributed by atoms with Gasteiger partial charge in [-0.2, -0.15) is 0 Å². The zero-order valence-corrected chi connectivity index (χ0v) is 27.7. The third-order valence-corrected chi connectivity index (χ3v) is 12.4. The van der Waals surface area contributed by atoms with E-state index in [1.54, 1.807) is 55.4 Å². The second-order valence-electron chi connectivity index (χ2n) is 15.9. The van der Waals surface area contributed by atoms with Gasteiger partial charge in [0.1, 0.15) is 0 Å². The van der Waals surface area contributed by atoms with Crippen LogP contribution in [0.3, 0.4) is 0 Å². The van der Waals surface area contributed by atoms with Gasteiger partial charge in [0.15, 0.2) is 0 Å². The summed E-state index contributed by atoms with van der Waals surface area (Å²) in [6, 6.07) is 0. The van der Waals surface area contributed by atoms with Crippen LogP contribution >= 0.6 is 9.03 Å². The number of likely N-dealkylation sites (tertiary alicyclic amines) is 2. The number of allylic oxidation sites excluding steroid dienone is 4. The Morgan fingerprint density at radius 3 is 1.43 bits per heavy atom. The van der Waals surface area contributed by atoms with Crippen molar-refractivity contribution in [3.05, 3.63) is 24.3 Å². The molecule has 0 aromatic rings. The summed E-state index contributed by atoms with van der Waals surface area (Å²) in [4.78, 5) is 82.9. The summed E-state index contributed by atoms with van der Waals surface area (Å²) < 4.78 is 10.9. The van der Waals surface area contributed by atoms with E-state index < -0.39 is 42.9 Å². The van der Waals surface area contributed by atoms with Crippen LogP contribution in [-0.4, -0.2) is 56.4 Å². The molecule has 6 rings (SSSR count). The minimum absolute atomic E-state index is 0.0556. The molecule has 4 aliphatic carbocycles. The fourth-order valence-corrected chi connectivity index (χ4v) is 9.80. The maximum absolute atomic E-state index is 13.5. The molecule has 2 saturated heterocycles. The first kappa shape index (κ1) is 31.1. The van der Waals surface area contributed by atoms with Gasteiger partial charge in [-0.25, -0.2) is 0 Å². The summed E-state index contributed by atoms with van der Waals surface area (Å²) in [5.74, 6) is -3.27. The van der Waals surface area contributed by atoms with E-state index in [2.05, 4.69) is 0 Å². The minimum atomic E-state index is -1.30. The van der Waals surface area contributed by atoms with Gasteiger partial charge in [-0.15, -0.1) is 0 Å². The number of rotatable bonds is 9. The van der Waals surface area contributed by atoms with Crippen LogP contribution in [-0.2, 0) is 37.8 Å². The molecule has 0 aromatic heterocycles. The van der Waals surface area contributed by atoms with Crippen molar-refractivity contribution >= 4 is 44.6 Å². The maximum atomic E-state index is 13.5. The molecule has 9 unspecified atom stereocenters. The maximum Gasteiger partial charge on any atom is 0.319 e. The highest BCUT2D eigenvalue weighted by Gasteiger charge is 2.65. The van der Waals surface area contributed by atoms with E-state index in [9.17, 15) is 28.8 Å². The van der Waals surface area contributed by atoms with E-state index in [1.165, 1.54) is 9.80 Å². The van der Waals surface area contributed by atoms with Gasteiger partial charge >= 0.3 is 11.9 Å². The molecule has 4 amide bonds. The molecule has 9 atom stereocenters. The molecular weight excluding hydrogens is 583 g/mol. The average Bonchev–Trinajstić information content (AvgIpc) is 3.75. The zero-order chi connectivity index (χ0) is 32.3. The summed E-state index contributed by atoms with van der Waals surface area (Å²) in [5, 5.41) is 0. The van der Waals surface area contributed by atoms with Crippen molar-refractivity contribution in [2.24, 2.45) is 58.2 Å². The highest BCUT2D eigenvalue weighted by molar-refractivity contribution is 7.27. The second-order valence-corrected chi connectivity index (χ2v) is 16.5. The lowest BCUT2D eigenvalue weighted by Crippen LogP contribution is -2.59. The van der Waals surface area contributed by atoms with Gasteiger partial charge < -0.3 is 9.05 Å². The zero-order valence-electron chi connectivity index (χ0n) is 26.7. The third kappa shape index (κ3) is 4.22. The molecule has 2 heterocycles. The Balaban J connectivity index is 1.06. The standard InChI is InChI=1S/C33H43N2O8P/c1-30(2,15-31(3,4)34-24(36)20-16-9-10-17(13-16)21(20)25(34)37)28(40)42-44-43-29(41)32(5,6)33(7,8)35-26(38)22-18-11-12-19(14-18)23(22)27(35)39/h9-12,16-23,44H,13-15H2,1-8H3. The molecule has 0 spiro atoms. The highest BCUT2D eigenvalue weighted by atomic mass is 31.1. The molecule has 10 nitrogen and oxygen atoms in total. The number of carbonyl (C=O) groups is 6. The van der Waals surface area contributed by atoms with E-state index >= 15 is 0 Å². The summed E-state index contributed by atoms with van der Waals surface area (Å²) in [6.07, 6.45) is 9.97. The van der Waals surface area contributed by atoms with E-state index in [0.717, 1.165) is 12.8 Å². The van der Waals surface area contributed by atoms with Crippen molar-refractivity contribution in [3.8, 4) is 0 Å². The van der Waals surface area contributed by atoms with E-state index in [-0.39, 0.29) is 77.4 Å². The first-order valence-electron chi connectivity index (χ1n) is 15.6. The molecule has 0 radical (unpaired) electrons. The highest BCUT2D eigenvalue weighted by Crippen LogP contribution is 2.56. The quantitative estimate of drug-likeness (QED) is 0.212. The molecule has 11 heteroatoms. The van der Waals surface area contributed by atoms with Gasteiger partial charge in [-0.1, -0.05) is 24.3 Å². The summed E-state index contributed by atoms with van der Waals surface area (Å²) in [5.41, 5.74) is -4.54. The van der Waals surface area contributed by atoms with Crippen molar-refractivity contribution in [2.45, 2.75) is 85.7 Å². The number of imide groups is 2. The van der Waals surface area contributed by atoms with Crippen molar-refractivity contribution in [1.82, 2.24) is 9.80 Å². The van der Waals surface area contributed by atoms with Gasteiger partial charge in [0.2, 0.25) is 23.6 Å². The molecule has 6 aliphatic rings. The van der Waals surface area contributed by atoms with E-state index in [4.69, 9.17) is 9.05 Å². The van der Waals surface area contributed by atoms with Crippen molar-refractivity contribution in [3.63, 3.8) is 0 Å². The first-order chi connectivity index (χ1) is 20.3. The monoisotopic (exact) mass is 626 g/mol. The molecule has 238 valence electrons. The van der Waals surface area contributed by atoms with Crippen LogP contribution in [0, 0.1) is 58.2 Å². The van der Waals surface area contributed by atoms with Gasteiger partial charge in [-0.05, 0) is 98.3 Å². The average molecular weight is 627 g/mol. The normalized spacial score (nSPS) is 34.3. The number of hydrogen-bond donors (Lipinski definition) is 0. The number of nitrogens with zero attached hydrogens (tertiary/aromatic N) is 2. The van der Waals surface area contributed by atoms with Crippen molar-refractivity contribution in [2.75, 3.05) is 0 Å². The Hall–Kier alpha value is -2.87.